The summed E-state index contributed by atoms with van der Waals surface area (Å²) in [6.45, 7) is 0. The number of fused-ring (bicyclic) bond motifs is 1. The number of hydrogen-bond donors (Lipinski definition) is 2. The maximum atomic E-state index is 10.8. The van der Waals surface area contributed by atoms with Gasteiger partial charge in [0.15, 0.2) is 5.82 Å². The molecular weight excluding hydrogens is 184 g/mol. The molecule has 3 N–H and O–H groups in total. The topological polar surface area (TPSA) is 102 Å². The minimum absolute atomic E-state index is 0.0732. The molecule has 6 nitrogen and oxygen atoms in total. The van der Waals surface area contributed by atoms with Gasteiger partial charge in [-0.05, 0) is 6.07 Å². The van der Waals surface area contributed by atoms with Crippen LogP contribution in [0.1, 0.15) is 10.4 Å². The van der Waals surface area contributed by atoms with Crippen LogP contribution in [0.25, 0.3) is 11.0 Å². The number of carboxylic acids is 1. The monoisotopic (exact) mass is 190 g/mol. The molecule has 0 atom stereocenters. The Morgan fingerprint density at radius 3 is 2.79 bits per heavy atom. The summed E-state index contributed by atoms with van der Waals surface area (Å²) in [6.07, 6.45) is 2.58. The highest BCUT2D eigenvalue weighted by Crippen LogP contribution is 2.16. The predicted octanol–water partition coefficient (Wildman–Crippen LogP) is 0.305. The van der Waals surface area contributed by atoms with Gasteiger partial charge in [-0.25, -0.2) is 14.8 Å². The zero-order valence-electron chi connectivity index (χ0n) is 7.01. The van der Waals surface area contributed by atoms with Crippen molar-refractivity contribution in [1.82, 2.24) is 15.0 Å². The van der Waals surface area contributed by atoms with Crippen LogP contribution in [-0.4, -0.2) is 26.0 Å². The highest BCUT2D eigenvalue weighted by molar-refractivity contribution is 6.02. The first-order chi connectivity index (χ1) is 6.70. The van der Waals surface area contributed by atoms with Gasteiger partial charge < -0.3 is 10.8 Å². The molecule has 6 heteroatoms. The number of hydrogen-bond acceptors (Lipinski definition) is 5. The minimum atomic E-state index is -1.06. The van der Waals surface area contributed by atoms with Gasteiger partial charge in [-0.3, -0.25) is 4.98 Å². The largest absolute Gasteiger partial charge is 0.478 e. The van der Waals surface area contributed by atoms with E-state index in [0.29, 0.717) is 5.52 Å². The zero-order chi connectivity index (χ0) is 10.1. The van der Waals surface area contributed by atoms with Crippen molar-refractivity contribution in [3.05, 3.63) is 24.2 Å². The Morgan fingerprint density at radius 2 is 2.07 bits per heavy atom. The van der Waals surface area contributed by atoms with Crippen molar-refractivity contribution in [2.75, 3.05) is 5.73 Å². The number of anilines is 1. The molecule has 0 bridgehead atoms. The van der Waals surface area contributed by atoms with Crippen molar-refractivity contribution in [2.24, 2.45) is 0 Å². The van der Waals surface area contributed by atoms with Gasteiger partial charge in [0.25, 0.3) is 0 Å². The molecule has 2 heterocycles. The van der Waals surface area contributed by atoms with Crippen LogP contribution in [0.3, 0.4) is 0 Å². The molecule has 0 aliphatic carbocycles. The number of aromatic carboxylic acids is 1. The number of aromatic nitrogens is 3. The summed E-state index contributed by atoms with van der Waals surface area (Å²) >= 11 is 0. The van der Waals surface area contributed by atoms with Crippen LogP contribution in [-0.2, 0) is 0 Å². The van der Waals surface area contributed by atoms with Gasteiger partial charge in [-0.15, -0.1) is 0 Å². The van der Waals surface area contributed by atoms with Crippen LogP contribution >= 0.6 is 0 Å². The second kappa shape index (κ2) is 2.91. The molecule has 2 rings (SSSR count). The molecule has 0 aliphatic rings. The highest BCUT2D eigenvalue weighted by Gasteiger charge is 2.11. The quantitative estimate of drug-likeness (QED) is 0.670. The molecule has 0 amide bonds. The van der Waals surface area contributed by atoms with E-state index in [4.69, 9.17) is 10.8 Å². The van der Waals surface area contributed by atoms with E-state index in [2.05, 4.69) is 15.0 Å². The molecule has 0 spiro atoms. The molecule has 0 radical (unpaired) electrons. The fourth-order valence-electron chi connectivity index (χ4n) is 1.15. The Labute approximate surface area is 78.4 Å². The molecule has 2 aromatic heterocycles. The smallest absolute Gasteiger partial charge is 0.338 e. The second-order valence-electron chi connectivity index (χ2n) is 2.62. The first kappa shape index (κ1) is 8.36. The Hall–Kier alpha value is -2.24. The zero-order valence-corrected chi connectivity index (χ0v) is 7.01. The molecule has 70 valence electrons. The molecular formula is C8H6N4O2. The van der Waals surface area contributed by atoms with Crippen LogP contribution in [0.2, 0.25) is 0 Å². The van der Waals surface area contributed by atoms with E-state index in [1.807, 2.05) is 0 Å². The van der Waals surface area contributed by atoms with Crippen LogP contribution < -0.4 is 5.73 Å². The van der Waals surface area contributed by atoms with Gasteiger partial charge in [0.1, 0.15) is 17.4 Å². The van der Waals surface area contributed by atoms with Crippen LogP contribution in [0.4, 0.5) is 5.82 Å². The average molecular weight is 190 g/mol. The lowest BCUT2D eigenvalue weighted by molar-refractivity contribution is 0.0698. The van der Waals surface area contributed by atoms with Gasteiger partial charge in [-0.2, -0.15) is 0 Å². The number of nitrogens with zero attached hydrogens (tertiary/aromatic N) is 3. The summed E-state index contributed by atoms with van der Waals surface area (Å²) in [7, 11) is 0. The van der Waals surface area contributed by atoms with E-state index in [9.17, 15) is 4.79 Å². The number of nitrogen functional groups attached to an aromatic ring is 1. The Kier molecular flexibility index (Phi) is 1.74. The normalized spacial score (nSPS) is 10.3. The van der Waals surface area contributed by atoms with Crippen LogP contribution in [0, 0.1) is 0 Å². The standard InChI is InChI=1S/C8H6N4O2/c9-7-6-5(11-3-12-7)4(8(13)14)1-2-10-6/h1-3H,(H,13,14)(H2,9,11,12). The summed E-state index contributed by atoms with van der Waals surface area (Å²) in [6, 6.07) is 1.37. The highest BCUT2D eigenvalue weighted by atomic mass is 16.4. The molecule has 2 aromatic rings. The van der Waals surface area contributed by atoms with Gasteiger partial charge in [0.05, 0.1) is 5.56 Å². The average Bonchev–Trinajstić information content (AvgIpc) is 2.17. The lowest BCUT2D eigenvalue weighted by Gasteiger charge is -2.01. The fraction of sp³-hybridized carbons (Fsp3) is 0. The number of rotatable bonds is 1. The van der Waals surface area contributed by atoms with Crippen molar-refractivity contribution >= 4 is 22.8 Å². The van der Waals surface area contributed by atoms with Gasteiger partial charge in [0, 0.05) is 6.20 Å². The van der Waals surface area contributed by atoms with E-state index in [1.165, 1.54) is 18.6 Å². The van der Waals surface area contributed by atoms with Crippen LogP contribution in [0.15, 0.2) is 18.6 Å². The van der Waals surface area contributed by atoms with E-state index >= 15 is 0 Å². The van der Waals surface area contributed by atoms with Crippen molar-refractivity contribution in [2.45, 2.75) is 0 Å². The first-order valence-corrected chi connectivity index (χ1v) is 3.78. The summed E-state index contributed by atoms with van der Waals surface area (Å²) in [5.74, 6) is -0.881. The molecule has 14 heavy (non-hydrogen) atoms. The molecule has 0 saturated heterocycles. The van der Waals surface area contributed by atoms with Gasteiger partial charge in [-0.1, -0.05) is 0 Å². The third-order valence-electron chi connectivity index (χ3n) is 1.78. The molecule has 0 unspecified atom stereocenters. The lowest BCUT2D eigenvalue weighted by Crippen LogP contribution is -2.02. The maximum Gasteiger partial charge on any atom is 0.338 e. The summed E-state index contributed by atoms with van der Waals surface area (Å²) in [4.78, 5) is 22.3. The minimum Gasteiger partial charge on any atom is -0.478 e. The number of carbonyl (C=O) groups is 1. The predicted molar refractivity (Wildman–Crippen MR) is 48.7 cm³/mol. The number of pyridine rings is 1. The SMILES string of the molecule is Nc1ncnc2c(C(=O)O)ccnc12. The maximum absolute atomic E-state index is 10.8. The van der Waals surface area contributed by atoms with E-state index in [-0.39, 0.29) is 16.9 Å². The summed E-state index contributed by atoms with van der Waals surface area (Å²) < 4.78 is 0. The Balaban J connectivity index is 2.88. The second-order valence-corrected chi connectivity index (χ2v) is 2.62. The van der Waals surface area contributed by atoms with E-state index < -0.39 is 5.97 Å². The summed E-state index contributed by atoms with van der Waals surface area (Å²) in [5, 5.41) is 8.84. The van der Waals surface area contributed by atoms with Crippen molar-refractivity contribution in [3.8, 4) is 0 Å². The van der Waals surface area contributed by atoms with E-state index in [0.717, 1.165) is 0 Å². The summed E-state index contributed by atoms with van der Waals surface area (Å²) in [5.41, 5.74) is 6.16. The van der Waals surface area contributed by atoms with Crippen molar-refractivity contribution < 1.29 is 9.90 Å². The molecule has 0 aromatic carbocycles. The fourth-order valence-corrected chi connectivity index (χ4v) is 1.15. The molecule has 0 aliphatic heterocycles. The van der Waals surface area contributed by atoms with Crippen LogP contribution in [0.5, 0.6) is 0 Å². The Bertz CT molecular complexity index is 512. The van der Waals surface area contributed by atoms with E-state index in [1.54, 1.807) is 0 Å². The third kappa shape index (κ3) is 1.13. The van der Waals surface area contributed by atoms with Gasteiger partial charge >= 0.3 is 5.97 Å². The van der Waals surface area contributed by atoms with Crippen molar-refractivity contribution in [3.63, 3.8) is 0 Å². The Morgan fingerprint density at radius 1 is 1.29 bits per heavy atom. The number of nitrogens with two attached hydrogens (primary N) is 1. The molecule has 0 saturated carbocycles. The molecule has 0 fully saturated rings. The van der Waals surface area contributed by atoms with Gasteiger partial charge in [0.2, 0.25) is 0 Å². The first-order valence-electron chi connectivity index (χ1n) is 3.78. The third-order valence-corrected chi connectivity index (χ3v) is 1.78. The van der Waals surface area contributed by atoms with Crippen molar-refractivity contribution in [1.29, 1.82) is 0 Å². The number of carboxylic acid groups (broad SMARTS) is 1. The lowest BCUT2D eigenvalue weighted by atomic mass is 10.2.